The Kier molecular flexibility index (Phi) is 8.01. The van der Waals surface area contributed by atoms with Crippen LogP contribution >= 0.6 is 0 Å². The number of nitrogens with zero attached hydrogens (tertiary/aromatic N) is 2. The molecule has 166 valence electrons. The molecule has 2 fully saturated rings. The number of benzene rings is 1. The molecule has 0 radical (unpaired) electrons. The Labute approximate surface area is 175 Å². The smallest absolute Gasteiger partial charge is 0.225 e. The van der Waals surface area contributed by atoms with Crippen LogP contribution in [0.25, 0.3) is 0 Å². The van der Waals surface area contributed by atoms with Gasteiger partial charge in [0.1, 0.15) is 23.8 Å². The van der Waals surface area contributed by atoms with E-state index in [-0.39, 0.29) is 43.6 Å². The second kappa shape index (κ2) is 10.7. The van der Waals surface area contributed by atoms with Crippen molar-refractivity contribution in [3.8, 4) is 5.75 Å². The summed E-state index contributed by atoms with van der Waals surface area (Å²) in [6.07, 6.45) is 0.352. The van der Waals surface area contributed by atoms with E-state index < -0.39 is 5.60 Å². The number of morpholine rings is 2. The first-order chi connectivity index (χ1) is 14.5. The molecule has 30 heavy (non-hydrogen) atoms. The molecule has 0 aliphatic carbocycles. The number of carbonyl (C=O) groups excluding carboxylic acids is 2. The summed E-state index contributed by atoms with van der Waals surface area (Å²) in [7, 11) is 1.55. The van der Waals surface area contributed by atoms with Crippen molar-refractivity contribution in [2.75, 3.05) is 66.3 Å². The average Bonchev–Trinajstić information content (AvgIpc) is 2.78. The van der Waals surface area contributed by atoms with Gasteiger partial charge in [0.15, 0.2) is 0 Å². The van der Waals surface area contributed by atoms with E-state index in [0.29, 0.717) is 51.8 Å². The molecule has 0 bridgehead atoms. The van der Waals surface area contributed by atoms with Crippen LogP contribution in [0.5, 0.6) is 5.75 Å². The van der Waals surface area contributed by atoms with E-state index in [9.17, 15) is 14.0 Å². The average molecular weight is 424 g/mol. The Hall–Kier alpha value is -2.23. The molecule has 0 N–H and O–H groups in total. The molecular weight excluding hydrogens is 395 g/mol. The Morgan fingerprint density at radius 3 is 2.47 bits per heavy atom. The van der Waals surface area contributed by atoms with Crippen LogP contribution < -0.4 is 4.74 Å². The number of hydrogen-bond donors (Lipinski definition) is 0. The van der Waals surface area contributed by atoms with Crippen LogP contribution in [-0.2, 0) is 23.8 Å². The molecule has 1 atom stereocenters. The van der Waals surface area contributed by atoms with Gasteiger partial charge in [0.2, 0.25) is 11.8 Å². The zero-order valence-corrected chi connectivity index (χ0v) is 17.3. The fourth-order valence-corrected chi connectivity index (χ4v) is 3.60. The minimum absolute atomic E-state index is 0.0508. The molecule has 0 saturated carbocycles. The monoisotopic (exact) mass is 424 g/mol. The van der Waals surface area contributed by atoms with E-state index in [4.69, 9.17) is 18.9 Å². The van der Waals surface area contributed by atoms with Crippen molar-refractivity contribution in [1.29, 1.82) is 0 Å². The largest absolute Gasteiger partial charge is 0.490 e. The second-order valence-corrected chi connectivity index (χ2v) is 7.50. The highest BCUT2D eigenvalue weighted by molar-refractivity contribution is 5.79. The predicted octanol–water partition coefficient (Wildman–Crippen LogP) is 1.09. The van der Waals surface area contributed by atoms with Crippen LogP contribution in [-0.4, -0.2) is 93.5 Å². The Morgan fingerprint density at radius 2 is 1.77 bits per heavy atom. The summed E-state index contributed by atoms with van der Waals surface area (Å²) in [6.45, 7) is 3.49. The lowest BCUT2D eigenvalue weighted by atomic mass is 9.96. The molecule has 2 heterocycles. The number of ether oxygens (including phenoxy) is 4. The van der Waals surface area contributed by atoms with E-state index in [1.54, 1.807) is 16.9 Å². The van der Waals surface area contributed by atoms with E-state index >= 15 is 0 Å². The van der Waals surface area contributed by atoms with Gasteiger partial charge in [-0.05, 0) is 24.3 Å². The highest BCUT2D eigenvalue weighted by Crippen LogP contribution is 2.26. The molecule has 0 aromatic heterocycles. The number of halogens is 1. The SMILES string of the molecule is COCCC(=O)N1CCO[C@@](COc2ccc(F)cc2)(CC(=O)N2CCOCC2)C1. The maximum absolute atomic E-state index is 13.2. The normalized spacial score (nSPS) is 22.1. The van der Waals surface area contributed by atoms with Crippen molar-refractivity contribution in [3.63, 3.8) is 0 Å². The van der Waals surface area contributed by atoms with Gasteiger partial charge >= 0.3 is 0 Å². The molecule has 0 unspecified atom stereocenters. The van der Waals surface area contributed by atoms with Crippen LogP contribution in [0, 0.1) is 5.82 Å². The van der Waals surface area contributed by atoms with Gasteiger partial charge in [0, 0.05) is 26.7 Å². The summed E-state index contributed by atoms with van der Waals surface area (Å²) in [5, 5.41) is 0. The van der Waals surface area contributed by atoms with Crippen molar-refractivity contribution in [2.45, 2.75) is 18.4 Å². The fraction of sp³-hybridized carbons (Fsp3) is 0.619. The van der Waals surface area contributed by atoms with Gasteiger partial charge < -0.3 is 28.7 Å². The molecule has 1 aromatic rings. The first kappa shape index (κ1) is 22.5. The van der Waals surface area contributed by atoms with Gasteiger partial charge in [-0.1, -0.05) is 0 Å². The number of carbonyl (C=O) groups is 2. The number of amides is 2. The van der Waals surface area contributed by atoms with E-state index in [1.165, 1.54) is 24.3 Å². The topological polar surface area (TPSA) is 77.5 Å². The predicted molar refractivity (Wildman–Crippen MR) is 106 cm³/mol. The van der Waals surface area contributed by atoms with Crippen LogP contribution in [0.15, 0.2) is 24.3 Å². The van der Waals surface area contributed by atoms with Gasteiger partial charge in [-0.15, -0.1) is 0 Å². The number of rotatable bonds is 8. The molecule has 2 amide bonds. The van der Waals surface area contributed by atoms with Crippen molar-refractivity contribution in [3.05, 3.63) is 30.1 Å². The van der Waals surface area contributed by atoms with Crippen molar-refractivity contribution in [2.24, 2.45) is 0 Å². The lowest BCUT2D eigenvalue weighted by molar-refractivity contribution is -0.167. The third kappa shape index (κ3) is 6.13. The standard InChI is InChI=1S/C21H29FN2O6/c1-27-10-6-19(25)24-9-13-30-21(15-24,14-20(26)23-7-11-28-12-8-23)16-29-18-4-2-17(22)3-5-18/h2-5H,6-16H2,1H3/t21-/m0/s1. The summed E-state index contributed by atoms with van der Waals surface area (Å²) in [5.74, 6) is 0.00162. The van der Waals surface area contributed by atoms with E-state index in [0.717, 1.165) is 0 Å². The van der Waals surface area contributed by atoms with Gasteiger partial charge in [-0.25, -0.2) is 4.39 Å². The Balaban J connectivity index is 1.71. The zero-order chi connectivity index (χ0) is 21.4. The minimum Gasteiger partial charge on any atom is -0.490 e. The molecule has 2 saturated heterocycles. The molecular formula is C21H29FN2O6. The summed E-state index contributed by atoms with van der Waals surface area (Å²) >= 11 is 0. The zero-order valence-electron chi connectivity index (χ0n) is 17.3. The van der Waals surface area contributed by atoms with Crippen LogP contribution in [0.4, 0.5) is 4.39 Å². The van der Waals surface area contributed by atoms with Gasteiger partial charge in [-0.3, -0.25) is 9.59 Å². The lowest BCUT2D eigenvalue weighted by Gasteiger charge is -2.43. The third-order valence-corrected chi connectivity index (χ3v) is 5.27. The highest BCUT2D eigenvalue weighted by atomic mass is 19.1. The molecule has 0 spiro atoms. The summed E-state index contributed by atoms with van der Waals surface area (Å²) < 4.78 is 35.4. The quantitative estimate of drug-likeness (QED) is 0.622. The van der Waals surface area contributed by atoms with Gasteiger partial charge in [0.05, 0.1) is 45.8 Å². The maximum atomic E-state index is 13.2. The van der Waals surface area contributed by atoms with Crippen LogP contribution in [0.2, 0.25) is 0 Å². The minimum atomic E-state index is -0.981. The van der Waals surface area contributed by atoms with Crippen molar-refractivity contribution < 1.29 is 32.9 Å². The van der Waals surface area contributed by atoms with E-state index in [2.05, 4.69) is 0 Å². The molecule has 3 rings (SSSR count). The highest BCUT2D eigenvalue weighted by Gasteiger charge is 2.42. The van der Waals surface area contributed by atoms with Crippen LogP contribution in [0.3, 0.4) is 0 Å². The maximum Gasteiger partial charge on any atom is 0.225 e. The van der Waals surface area contributed by atoms with Gasteiger partial charge in [-0.2, -0.15) is 0 Å². The molecule has 1 aromatic carbocycles. The Bertz CT molecular complexity index is 710. The van der Waals surface area contributed by atoms with Gasteiger partial charge in [0.25, 0.3) is 0 Å². The number of methoxy groups -OCH3 is 1. The van der Waals surface area contributed by atoms with Crippen molar-refractivity contribution >= 4 is 11.8 Å². The first-order valence-corrected chi connectivity index (χ1v) is 10.2. The van der Waals surface area contributed by atoms with Crippen molar-refractivity contribution in [1.82, 2.24) is 9.80 Å². The summed E-state index contributed by atoms with van der Waals surface area (Å²) in [6, 6.07) is 5.67. The fourth-order valence-electron chi connectivity index (χ4n) is 3.60. The molecule has 9 heteroatoms. The number of hydrogen-bond acceptors (Lipinski definition) is 6. The van der Waals surface area contributed by atoms with E-state index in [1.807, 2.05) is 0 Å². The Morgan fingerprint density at radius 1 is 1.07 bits per heavy atom. The molecule has 2 aliphatic heterocycles. The second-order valence-electron chi connectivity index (χ2n) is 7.50. The summed E-state index contributed by atoms with van der Waals surface area (Å²) in [4.78, 5) is 28.9. The molecule has 8 nitrogen and oxygen atoms in total. The third-order valence-electron chi connectivity index (χ3n) is 5.27. The first-order valence-electron chi connectivity index (χ1n) is 10.2. The van der Waals surface area contributed by atoms with Crippen LogP contribution in [0.1, 0.15) is 12.8 Å². The summed E-state index contributed by atoms with van der Waals surface area (Å²) in [5.41, 5.74) is -0.981. The lowest BCUT2D eigenvalue weighted by Crippen LogP contribution is -2.58. The molecule has 2 aliphatic rings.